The van der Waals surface area contributed by atoms with Gasteiger partial charge >= 0.3 is 0 Å². The van der Waals surface area contributed by atoms with Gasteiger partial charge in [0.1, 0.15) is 5.82 Å². The number of halogens is 1. The number of H-pyrrole nitrogens is 1. The number of aromatic nitrogens is 1. The van der Waals surface area contributed by atoms with Crippen molar-refractivity contribution in [3.8, 4) is 0 Å². The molecule has 0 radical (unpaired) electrons. The van der Waals surface area contributed by atoms with E-state index in [4.69, 9.17) is 0 Å². The van der Waals surface area contributed by atoms with E-state index in [1.165, 1.54) is 24.3 Å². The van der Waals surface area contributed by atoms with Gasteiger partial charge in [-0.25, -0.2) is 4.39 Å². The highest BCUT2D eigenvalue weighted by Crippen LogP contribution is 2.23. The van der Waals surface area contributed by atoms with E-state index < -0.39 is 17.7 Å². The van der Waals surface area contributed by atoms with E-state index in [0.717, 1.165) is 0 Å². The maximum absolute atomic E-state index is 12.9. The Morgan fingerprint density at radius 1 is 1.09 bits per heavy atom. The van der Waals surface area contributed by atoms with E-state index in [1.54, 1.807) is 24.3 Å². The number of aromatic amines is 1. The summed E-state index contributed by atoms with van der Waals surface area (Å²) < 4.78 is 12.9. The second kappa shape index (κ2) is 5.92. The lowest BCUT2D eigenvalue weighted by molar-refractivity contribution is -0.255. The van der Waals surface area contributed by atoms with Gasteiger partial charge < -0.3 is 20.2 Å². The van der Waals surface area contributed by atoms with Crippen molar-refractivity contribution >= 4 is 28.5 Å². The summed E-state index contributed by atoms with van der Waals surface area (Å²) in [5.74, 6) is -2.17. The number of benzene rings is 2. The highest BCUT2D eigenvalue weighted by atomic mass is 19.1. The molecule has 2 N–H and O–H groups in total. The van der Waals surface area contributed by atoms with Gasteiger partial charge in [-0.1, -0.05) is 18.2 Å². The zero-order valence-electron chi connectivity index (χ0n) is 11.9. The van der Waals surface area contributed by atoms with Crippen LogP contribution in [0, 0.1) is 5.82 Å². The van der Waals surface area contributed by atoms with Crippen molar-refractivity contribution in [3.63, 3.8) is 0 Å². The van der Waals surface area contributed by atoms with Crippen molar-refractivity contribution in [2.75, 3.05) is 5.32 Å². The number of fused-ring (bicyclic) bond motifs is 1. The van der Waals surface area contributed by atoms with Crippen LogP contribution in [0.3, 0.4) is 0 Å². The Kier molecular flexibility index (Phi) is 3.80. The summed E-state index contributed by atoms with van der Waals surface area (Å²) in [4.78, 5) is 26.2. The lowest BCUT2D eigenvalue weighted by Crippen LogP contribution is -2.25. The zero-order chi connectivity index (χ0) is 16.4. The van der Waals surface area contributed by atoms with Crippen molar-refractivity contribution < 1.29 is 19.1 Å². The molecule has 1 amide bonds. The summed E-state index contributed by atoms with van der Waals surface area (Å²) in [6, 6.07) is 12.3. The molecule has 0 saturated carbocycles. The van der Waals surface area contributed by atoms with Crippen LogP contribution in [-0.4, -0.2) is 16.9 Å². The van der Waals surface area contributed by atoms with Crippen molar-refractivity contribution in [1.82, 2.24) is 4.98 Å². The van der Waals surface area contributed by atoms with Crippen LogP contribution in [0.15, 0.2) is 48.5 Å². The third-order valence-corrected chi connectivity index (χ3v) is 3.48. The molecule has 0 aliphatic heterocycles. The maximum atomic E-state index is 12.9. The van der Waals surface area contributed by atoms with E-state index in [-0.39, 0.29) is 12.1 Å². The van der Waals surface area contributed by atoms with Gasteiger partial charge in [0, 0.05) is 16.6 Å². The number of hydrogen-bond donors (Lipinski definition) is 2. The van der Waals surface area contributed by atoms with Crippen molar-refractivity contribution in [1.29, 1.82) is 0 Å². The summed E-state index contributed by atoms with van der Waals surface area (Å²) in [5.41, 5.74) is 1.31. The summed E-state index contributed by atoms with van der Waals surface area (Å²) in [7, 11) is 0. The fourth-order valence-corrected chi connectivity index (χ4v) is 2.46. The third-order valence-electron chi connectivity index (χ3n) is 3.48. The first kappa shape index (κ1) is 14.8. The lowest BCUT2D eigenvalue weighted by Gasteiger charge is -2.07. The van der Waals surface area contributed by atoms with E-state index in [0.29, 0.717) is 22.2 Å². The smallest absolute Gasteiger partial charge is 0.228 e. The van der Waals surface area contributed by atoms with Crippen LogP contribution in [0.2, 0.25) is 0 Å². The SMILES string of the molecule is O=C(Cc1c(C(=O)[O-])[nH]c2ccccc12)Nc1ccc(F)cc1. The predicted molar refractivity (Wildman–Crippen MR) is 81.4 cm³/mol. The van der Waals surface area contributed by atoms with Crippen LogP contribution in [0.4, 0.5) is 10.1 Å². The molecule has 0 bridgehead atoms. The first-order chi connectivity index (χ1) is 11.0. The molecule has 6 heteroatoms. The van der Waals surface area contributed by atoms with Gasteiger partial charge in [-0.2, -0.15) is 0 Å². The third kappa shape index (κ3) is 3.06. The molecular weight excluding hydrogens is 299 g/mol. The van der Waals surface area contributed by atoms with Crippen LogP contribution < -0.4 is 10.4 Å². The number of anilines is 1. The van der Waals surface area contributed by atoms with Gasteiger partial charge in [0.15, 0.2) is 0 Å². The van der Waals surface area contributed by atoms with Crippen molar-refractivity contribution in [3.05, 3.63) is 65.6 Å². The Balaban J connectivity index is 1.88. The molecule has 1 aromatic heterocycles. The minimum atomic E-state index is -1.37. The molecule has 1 heterocycles. The molecule has 0 aliphatic carbocycles. The van der Waals surface area contributed by atoms with Crippen LogP contribution in [0.1, 0.15) is 16.1 Å². The van der Waals surface area contributed by atoms with Gasteiger partial charge in [-0.3, -0.25) is 4.79 Å². The van der Waals surface area contributed by atoms with Gasteiger partial charge in [-0.15, -0.1) is 0 Å². The Bertz CT molecular complexity index is 884. The number of carboxylic acids is 1. The topological polar surface area (TPSA) is 85.0 Å². The quantitative estimate of drug-likeness (QED) is 0.771. The molecule has 3 aromatic rings. The fourth-order valence-electron chi connectivity index (χ4n) is 2.46. The molecule has 0 saturated heterocycles. The largest absolute Gasteiger partial charge is 0.543 e. The second-order valence-corrected chi connectivity index (χ2v) is 5.04. The van der Waals surface area contributed by atoms with Gasteiger partial charge in [0.05, 0.1) is 18.1 Å². The summed E-state index contributed by atoms with van der Waals surface area (Å²) in [6.07, 6.45) is -0.134. The highest BCUT2D eigenvalue weighted by molar-refractivity contribution is 6.01. The first-order valence-electron chi connectivity index (χ1n) is 6.91. The number of hydrogen-bond acceptors (Lipinski definition) is 3. The highest BCUT2D eigenvalue weighted by Gasteiger charge is 2.15. The zero-order valence-corrected chi connectivity index (χ0v) is 11.9. The summed E-state index contributed by atoms with van der Waals surface area (Å²) in [6.45, 7) is 0. The number of carbonyl (C=O) groups excluding carboxylic acids is 2. The molecule has 3 rings (SSSR count). The van der Waals surface area contributed by atoms with Crippen molar-refractivity contribution in [2.45, 2.75) is 6.42 Å². The van der Waals surface area contributed by atoms with Crippen LogP contribution in [-0.2, 0) is 11.2 Å². The molecule has 0 fully saturated rings. The normalized spacial score (nSPS) is 10.7. The summed E-state index contributed by atoms with van der Waals surface area (Å²) >= 11 is 0. The van der Waals surface area contributed by atoms with Crippen LogP contribution in [0.5, 0.6) is 0 Å². The molecular formula is C17H12FN2O3-. The first-order valence-corrected chi connectivity index (χ1v) is 6.91. The molecule has 2 aromatic carbocycles. The van der Waals surface area contributed by atoms with E-state index in [9.17, 15) is 19.1 Å². The Hall–Kier alpha value is -3.15. The Labute approximate surface area is 130 Å². The molecule has 0 unspecified atom stereocenters. The van der Waals surface area contributed by atoms with E-state index in [2.05, 4.69) is 10.3 Å². The summed E-state index contributed by atoms with van der Waals surface area (Å²) in [5, 5.41) is 14.5. The average molecular weight is 311 g/mol. The number of rotatable bonds is 4. The number of carboxylic acid groups (broad SMARTS) is 1. The monoisotopic (exact) mass is 311 g/mol. The average Bonchev–Trinajstić information content (AvgIpc) is 2.89. The number of nitrogens with one attached hydrogen (secondary N) is 2. The lowest BCUT2D eigenvalue weighted by atomic mass is 10.1. The molecule has 116 valence electrons. The van der Waals surface area contributed by atoms with Crippen molar-refractivity contribution in [2.24, 2.45) is 0 Å². The Morgan fingerprint density at radius 2 is 1.78 bits per heavy atom. The minimum Gasteiger partial charge on any atom is -0.543 e. The van der Waals surface area contributed by atoms with E-state index >= 15 is 0 Å². The maximum Gasteiger partial charge on any atom is 0.228 e. The fraction of sp³-hybridized carbons (Fsp3) is 0.0588. The number of carbonyl (C=O) groups is 2. The number of para-hydroxylation sites is 1. The standard InChI is InChI=1S/C17H13FN2O3/c18-10-5-7-11(8-6-10)19-15(21)9-13-12-3-1-2-4-14(12)20-16(13)17(22)23/h1-8,20H,9H2,(H,19,21)(H,22,23)/p-1. The molecule has 23 heavy (non-hydrogen) atoms. The van der Waals surface area contributed by atoms with Crippen LogP contribution >= 0.6 is 0 Å². The van der Waals surface area contributed by atoms with Crippen LogP contribution in [0.25, 0.3) is 10.9 Å². The van der Waals surface area contributed by atoms with Gasteiger partial charge in [0.2, 0.25) is 5.91 Å². The molecule has 0 atom stereocenters. The molecule has 5 nitrogen and oxygen atoms in total. The number of amides is 1. The second-order valence-electron chi connectivity index (χ2n) is 5.04. The van der Waals surface area contributed by atoms with Gasteiger partial charge in [0.25, 0.3) is 0 Å². The van der Waals surface area contributed by atoms with E-state index in [1.807, 2.05) is 0 Å². The number of aromatic carboxylic acids is 1. The molecule has 0 spiro atoms. The Morgan fingerprint density at radius 3 is 2.48 bits per heavy atom. The molecule has 0 aliphatic rings. The predicted octanol–water partition coefficient (Wildman–Crippen LogP) is 1.85. The van der Waals surface area contributed by atoms with Gasteiger partial charge in [-0.05, 0) is 35.9 Å². The minimum absolute atomic E-state index is 0.111.